The lowest BCUT2D eigenvalue weighted by molar-refractivity contribution is -0.0925. The maximum atomic E-state index is 9.13. The smallest absolute Gasteiger partial charge is 0.0814 e. The Morgan fingerprint density at radius 1 is 1.33 bits per heavy atom. The van der Waals surface area contributed by atoms with E-state index in [-0.39, 0.29) is 18.3 Å². The zero-order valence-electron chi connectivity index (χ0n) is 10.0. The van der Waals surface area contributed by atoms with E-state index in [1.807, 2.05) is 0 Å². The number of hydrogen-bond acceptors (Lipinski definition) is 2. The van der Waals surface area contributed by atoms with Crippen LogP contribution in [0.1, 0.15) is 52.4 Å². The number of hydrogen-bond donors (Lipinski definition) is 1. The van der Waals surface area contributed by atoms with Gasteiger partial charge in [-0.25, -0.2) is 0 Å². The predicted molar refractivity (Wildman–Crippen MR) is 60.7 cm³/mol. The van der Waals surface area contributed by atoms with Gasteiger partial charge in [-0.3, -0.25) is 0 Å². The highest BCUT2D eigenvalue weighted by molar-refractivity contribution is 4.94. The van der Waals surface area contributed by atoms with Crippen molar-refractivity contribution in [1.82, 2.24) is 0 Å². The van der Waals surface area contributed by atoms with Crippen LogP contribution in [0, 0.1) is 11.8 Å². The van der Waals surface area contributed by atoms with E-state index in [9.17, 15) is 0 Å². The molecule has 88 valence electrons. The molecule has 1 spiro atoms. The molecule has 0 unspecified atom stereocenters. The summed E-state index contributed by atoms with van der Waals surface area (Å²) in [4.78, 5) is 0. The molecule has 1 aliphatic heterocycles. The zero-order valence-corrected chi connectivity index (χ0v) is 10.0. The summed E-state index contributed by atoms with van der Waals surface area (Å²) in [5.74, 6) is 1.61. The van der Waals surface area contributed by atoms with Crippen molar-refractivity contribution in [3.63, 3.8) is 0 Å². The van der Waals surface area contributed by atoms with E-state index in [2.05, 4.69) is 13.8 Å². The number of rotatable bonds is 2. The van der Waals surface area contributed by atoms with Gasteiger partial charge in [-0.05, 0) is 43.9 Å². The van der Waals surface area contributed by atoms with Crippen LogP contribution in [0.2, 0.25) is 0 Å². The molecule has 2 nitrogen and oxygen atoms in total. The summed E-state index contributed by atoms with van der Waals surface area (Å²) >= 11 is 0. The number of aliphatic hydroxyl groups is 1. The Bertz CT molecular complexity index is 215. The Kier molecular flexibility index (Phi) is 3.36. The molecule has 1 saturated heterocycles. The van der Waals surface area contributed by atoms with Crippen LogP contribution < -0.4 is 0 Å². The molecule has 2 heteroatoms. The fraction of sp³-hybridized carbons (Fsp3) is 1.00. The van der Waals surface area contributed by atoms with E-state index < -0.39 is 0 Å². The third kappa shape index (κ3) is 2.36. The van der Waals surface area contributed by atoms with Crippen LogP contribution in [0.25, 0.3) is 0 Å². The summed E-state index contributed by atoms with van der Waals surface area (Å²) in [5.41, 5.74) is 0.139. The molecule has 0 aromatic rings. The van der Waals surface area contributed by atoms with Crippen LogP contribution in [0.5, 0.6) is 0 Å². The van der Waals surface area contributed by atoms with Gasteiger partial charge in [-0.1, -0.05) is 20.3 Å². The van der Waals surface area contributed by atoms with Gasteiger partial charge in [-0.15, -0.1) is 0 Å². The maximum absolute atomic E-state index is 9.13. The van der Waals surface area contributed by atoms with Gasteiger partial charge in [0.2, 0.25) is 0 Å². The highest BCUT2D eigenvalue weighted by atomic mass is 16.5. The summed E-state index contributed by atoms with van der Waals surface area (Å²) in [6.07, 6.45) is 7.46. The van der Waals surface area contributed by atoms with E-state index in [4.69, 9.17) is 9.84 Å². The minimum atomic E-state index is 0.121. The SMILES string of the molecule is CC(C)[C@@H]1CCC[C@]2(CC[C@H](CO)O2)C1. The van der Waals surface area contributed by atoms with Crippen molar-refractivity contribution in [2.45, 2.75) is 64.1 Å². The van der Waals surface area contributed by atoms with E-state index in [1.165, 1.54) is 32.1 Å². The molecule has 1 N–H and O–H groups in total. The van der Waals surface area contributed by atoms with Crippen LogP contribution in [-0.4, -0.2) is 23.4 Å². The first-order chi connectivity index (χ1) is 7.15. The fourth-order valence-electron chi connectivity index (χ4n) is 3.30. The third-order valence-electron chi connectivity index (χ3n) is 4.33. The second-order valence-corrected chi connectivity index (χ2v) is 5.74. The molecule has 0 amide bonds. The van der Waals surface area contributed by atoms with E-state index in [0.29, 0.717) is 0 Å². The van der Waals surface area contributed by atoms with Crippen LogP contribution in [-0.2, 0) is 4.74 Å². The van der Waals surface area contributed by atoms with Gasteiger partial charge in [0.05, 0.1) is 18.3 Å². The van der Waals surface area contributed by atoms with Crippen LogP contribution in [0.4, 0.5) is 0 Å². The molecule has 1 heterocycles. The van der Waals surface area contributed by atoms with Gasteiger partial charge in [0.1, 0.15) is 0 Å². The predicted octanol–water partition coefficient (Wildman–Crippen LogP) is 2.74. The quantitative estimate of drug-likeness (QED) is 0.762. The minimum absolute atomic E-state index is 0.121. The Morgan fingerprint density at radius 2 is 2.13 bits per heavy atom. The van der Waals surface area contributed by atoms with Crippen molar-refractivity contribution in [1.29, 1.82) is 0 Å². The van der Waals surface area contributed by atoms with Gasteiger partial charge < -0.3 is 9.84 Å². The highest BCUT2D eigenvalue weighted by Gasteiger charge is 2.43. The molecule has 2 rings (SSSR count). The summed E-state index contributed by atoms with van der Waals surface area (Å²) in [7, 11) is 0. The standard InChI is InChI=1S/C13H24O2/c1-10(2)11-4-3-6-13(8-11)7-5-12(9-14)15-13/h10-12,14H,3-9H2,1-2H3/t11-,12-,13+/m1/s1. The summed E-state index contributed by atoms with van der Waals surface area (Å²) < 4.78 is 6.07. The van der Waals surface area contributed by atoms with Crippen molar-refractivity contribution in [3.05, 3.63) is 0 Å². The molecule has 2 aliphatic rings. The van der Waals surface area contributed by atoms with Gasteiger partial charge in [0, 0.05) is 0 Å². The third-order valence-corrected chi connectivity index (χ3v) is 4.33. The van der Waals surface area contributed by atoms with Crippen LogP contribution in [0.15, 0.2) is 0 Å². The number of aliphatic hydroxyl groups excluding tert-OH is 1. The summed E-state index contributed by atoms with van der Waals surface area (Å²) in [6.45, 7) is 4.85. The van der Waals surface area contributed by atoms with Crippen molar-refractivity contribution in [3.8, 4) is 0 Å². The first-order valence-corrected chi connectivity index (χ1v) is 6.44. The molecule has 3 atom stereocenters. The lowest BCUT2D eigenvalue weighted by Crippen LogP contribution is -2.37. The summed E-state index contributed by atoms with van der Waals surface area (Å²) in [5, 5.41) is 9.13. The molecule has 15 heavy (non-hydrogen) atoms. The van der Waals surface area contributed by atoms with Gasteiger partial charge in [-0.2, -0.15) is 0 Å². The molecular formula is C13H24O2. The monoisotopic (exact) mass is 212 g/mol. The Balaban J connectivity index is 1.97. The Hall–Kier alpha value is -0.0800. The Morgan fingerprint density at radius 3 is 2.73 bits per heavy atom. The second-order valence-electron chi connectivity index (χ2n) is 5.74. The van der Waals surface area contributed by atoms with Crippen molar-refractivity contribution in [2.24, 2.45) is 11.8 Å². The molecule has 1 saturated carbocycles. The molecule has 1 aliphatic carbocycles. The average molecular weight is 212 g/mol. The number of ether oxygens (including phenoxy) is 1. The largest absolute Gasteiger partial charge is 0.394 e. The molecular weight excluding hydrogens is 188 g/mol. The van der Waals surface area contributed by atoms with Gasteiger partial charge in [0.15, 0.2) is 0 Å². The van der Waals surface area contributed by atoms with E-state index >= 15 is 0 Å². The van der Waals surface area contributed by atoms with Crippen LogP contribution in [0.3, 0.4) is 0 Å². The lowest BCUT2D eigenvalue weighted by atomic mass is 9.72. The second kappa shape index (κ2) is 4.42. The topological polar surface area (TPSA) is 29.5 Å². The fourth-order valence-corrected chi connectivity index (χ4v) is 3.30. The maximum Gasteiger partial charge on any atom is 0.0814 e. The van der Waals surface area contributed by atoms with E-state index in [1.54, 1.807) is 0 Å². The Labute approximate surface area is 93.0 Å². The first kappa shape index (κ1) is 11.4. The molecule has 0 aromatic carbocycles. The highest BCUT2D eigenvalue weighted by Crippen LogP contribution is 2.45. The van der Waals surface area contributed by atoms with Crippen LogP contribution >= 0.6 is 0 Å². The molecule has 0 bridgehead atoms. The molecule has 2 fully saturated rings. The lowest BCUT2D eigenvalue weighted by Gasteiger charge is -2.39. The normalized spacial score (nSPS) is 41.6. The minimum Gasteiger partial charge on any atom is -0.394 e. The first-order valence-electron chi connectivity index (χ1n) is 6.44. The van der Waals surface area contributed by atoms with Crippen molar-refractivity contribution >= 4 is 0 Å². The van der Waals surface area contributed by atoms with Crippen molar-refractivity contribution < 1.29 is 9.84 Å². The zero-order chi connectivity index (χ0) is 10.9. The van der Waals surface area contributed by atoms with E-state index in [0.717, 1.165) is 18.3 Å². The van der Waals surface area contributed by atoms with Gasteiger partial charge >= 0.3 is 0 Å². The average Bonchev–Trinajstić information content (AvgIpc) is 2.61. The van der Waals surface area contributed by atoms with Crippen molar-refractivity contribution in [2.75, 3.05) is 6.61 Å². The molecule has 0 aromatic heterocycles. The molecule has 0 radical (unpaired) electrons. The summed E-state index contributed by atoms with van der Waals surface area (Å²) in [6, 6.07) is 0. The van der Waals surface area contributed by atoms with Gasteiger partial charge in [0.25, 0.3) is 0 Å².